The lowest BCUT2D eigenvalue weighted by Gasteiger charge is -2.16. The second-order valence-corrected chi connectivity index (χ2v) is 4.89. The van der Waals surface area contributed by atoms with Gasteiger partial charge in [0.25, 0.3) is 5.91 Å². The molecule has 1 aromatic rings. The number of hydrogen-bond acceptors (Lipinski definition) is 4. The third-order valence-corrected chi connectivity index (χ3v) is 2.70. The summed E-state index contributed by atoms with van der Waals surface area (Å²) in [4.78, 5) is 18.1. The largest absolute Gasteiger partial charge is 0.384 e. The molecule has 1 rings (SSSR count). The average Bonchev–Trinajstić information content (AvgIpc) is 2.43. The van der Waals surface area contributed by atoms with Gasteiger partial charge in [-0.2, -0.15) is 0 Å². The van der Waals surface area contributed by atoms with Crippen LogP contribution >= 0.6 is 0 Å². The van der Waals surface area contributed by atoms with E-state index in [-0.39, 0.29) is 18.6 Å². The second kappa shape index (κ2) is 8.31. The van der Waals surface area contributed by atoms with E-state index in [4.69, 9.17) is 5.11 Å². The first-order chi connectivity index (χ1) is 9.52. The average molecular weight is 275 g/mol. The number of carbonyl (C=O) groups is 1. The second-order valence-electron chi connectivity index (χ2n) is 4.89. The highest BCUT2D eigenvalue weighted by atomic mass is 16.2. The number of hydrogen-bond donors (Lipinski definition) is 2. The monoisotopic (exact) mass is 275 g/mol. The van der Waals surface area contributed by atoms with Crippen LogP contribution in [0.15, 0.2) is 18.5 Å². The number of aromatic nitrogens is 1. The van der Waals surface area contributed by atoms with Gasteiger partial charge in [-0.05, 0) is 40.1 Å². The van der Waals surface area contributed by atoms with E-state index in [2.05, 4.69) is 27.0 Å². The van der Waals surface area contributed by atoms with Crippen molar-refractivity contribution >= 4 is 5.91 Å². The van der Waals surface area contributed by atoms with E-state index < -0.39 is 0 Å². The lowest BCUT2D eigenvalue weighted by molar-refractivity contribution is 0.0936. The van der Waals surface area contributed by atoms with Gasteiger partial charge in [0, 0.05) is 24.0 Å². The van der Waals surface area contributed by atoms with Crippen molar-refractivity contribution in [2.24, 2.45) is 0 Å². The lowest BCUT2D eigenvalue weighted by Crippen LogP contribution is -2.34. The first-order valence-corrected chi connectivity index (χ1v) is 6.53. The predicted molar refractivity (Wildman–Crippen MR) is 78.3 cm³/mol. The molecule has 0 spiro atoms. The van der Waals surface area contributed by atoms with Gasteiger partial charge in [0.05, 0.1) is 5.56 Å². The van der Waals surface area contributed by atoms with Gasteiger partial charge in [0.1, 0.15) is 6.61 Å². The maximum atomic E-state index is 12.1. The van der Waals surface area contributed by atoms with Crippen LogP contribution in [0.1, 0.15) is 29.3 Å². The van der Waals surface area contributed by atoms with Gasteiger partial charge in [-0.3, -0.25) is 9.78 Å². The van der Waals surface area contributed by atoms with Gasteiger partial charge in [0.2, 0.25) is 0 Å². The Morgan fingerprint density at radius 2 is 2.25 bits per heavy atom. The zero-order chi connectivity index (χ0) is 15.0. The van der Waals surface area contributed by atoms with Crippen LogP contribution in [0.25, 0.3) is 0 Å². The van der Waals surface area contributed by atoms with Crippen molar-refractivity contribution in [3.63, 3.8) is 0 Å². The van der Waals surface area contributed by atoms with Gasteiger partial charge in [-0.1, -0.05) is 11.8 Å². The first kappa shape index (κ1) is 16.2. The van der Waals surface area contributed by atoms with Gasteiger partial charge in [-0.25, -0.2) is 0 Å². The fraction of sp³-hybridized carbons (Fsp3) is 0.467. The maximum Gasteiger partial charge on any atom is 0.253 e. The molecule has 1 unspecified atom stereocenters. The Balaban J connectivity index is 2.63. The van der Waals surface area contributed by atoms with Crippen molar-refractivity contribution in [3.05, 3.63) is 29.6 Å². The smallest absolute Gasteiger partial charge is 0.253 e. The van der Waals surface area contributed by atoms with E-state index in [1.165, 1.54) is 6.20 Å². The number of aliphatic hydroxyl groups excluding tert-OH is 1. The van der Waals surface area contributed by atoms with Crippen molar-refractivity contribution in [2.75, 3.05) is 27.2 Å². The minimum atomic E-state index is -0.210. The molecule has 0 aromatic carbocycles. The van der Waals surface area contributed by atoms with Gasteiger partial charge in [-0.15, -0.1) is 0 Å². The van der Waals surface area contributed by atoms with Crippen LogP contribution in [0.4, 0.5) is 0 Å². The molecule has 1 amide bonds. The molecule has 0 saturated carbocycles. The molecule has 0 saturated heterocycles. The quantitative estimate of drug-likeness (QED) is 0.768. The van der Waals surface area contributed by atoms with E-state index in [9.17, 15) is 4.79 Å². The van der Waals surface area contributed by atoms with E-state index in [1.807, 2.05) is 21.0 Å². The maximum absolute atomic E-state index is 12.1. The normalized spacial score (nSPS) is 11.7. The molecule has 0 aliphatic heterocycles. The number of nitrogens with one attached hydrogen (secondary N) is 1. The Hall–Kier alpha value is -1.90. The summed E-state index contributed by atoms with van der Waals surface area (Å²) < 4.78 is 0. The van der Waals surface area contributed by atoms with Crippen LogP contribution < -0.4 is 5.32 Å². The summed E-state index contributed by atoms with van der Waals surface area (Å²) in [5.41, 5.74) is 1.10. The fourth-order valence-corrected chi connectivity index (χ4v) is 1.61. The Morgan fingerprint density at radius 3 is 2.90 bits per heavy atom. The molecule has 0 aliphatic carbocycles. The standard InChI is InChI=1S/C15H21N3O2/c1-12(6-7-18(2)3)17-15(20)14-9-13(5-4-8-19)10-16-11-14/h9-12,19H,6-8H2,1-3H3,(H,17,20). The van der Waals surface area contributed by atoms with Gasteiger partial charge >= 0.3 is 0 Å². The molecule has 0 aliphatic rings. The number of rotatable bonds is 5. The first-order valence-electron chi connectivity index (χ1n) is 6.53. The Labute approximate surface area is 120 Å². The summed E-state index contributed by atoms with van der Waals surface area (Å²) in [6, 6.07) is 1.76. The van der Waals surface area contributed by atoms with Crippen molar-refractivity contribution in [1.29, 1.82) is 0 Å². The summed E-state index contributed by atoms with van der Waals surface area (Å²) in [6.07, 6.45) is 3.96. The summed E-state index contributed by atoms with van der Waals surface area (Å²) in [6.45, 7) is 2.68. The van der Waals surface area contributed by atoms with Crippen LogP contribution in [0, 0.1) is 11.8 Å². The Kier molecular flexibility index (Phi) is 6.71. The molecule has 0 radical (unpaired) electrons. The van der Waals surface area contributed by atoms with Gasteiger partial charge < -0.3 is 15.3 Å². The van der Waals surface area contributed by atoms with Gasteiger partial charge in [0.15, 0.2) is 0 Å². The van der Waals surface area contributed by atoms with Crippen LogP contribution in [0.3, 0.4) is 0 Å². The third-order valence-electron chi connectivity index (χ3n) is 2.70. The number of amides is 1. The minimum Gasteiger partial charge on any atom is -0.384 e. The lowest BCUT2D eigenvalue weighted by atomic mass is 10.1. The molecule has 0 fully saturated rings. The summed E-state index contributed by atoms with van der Waals surface area (Å²) >= 11 is 0. The molecule has 108 valence electrons. The third kappa shape index (κ3) is 5.83. The molecular weight excluding hydrogens is 254 g/mol. The molecule has 20 heavy (non-hydrogen) atoms. The van der Waals surface area contributed by atoms with Crippen LogP contribution in [-0.4, -0.2) is 54.2 Å². The number of carbonyl (C=O) groups excluding carboxylic acids is 1. The Morgan fingerprint density at radius 1 is 1.50 bits per heavy atom. The predicted octanol–water partition coefficient (Wildman–Crippen LogP) is 0.495. The molecular formula is C15H21N3O2. The Bertz CT molecular complexity index is 503. The van der Waals surface area contributed by atoms with Crippen molar-refractivity contribution < 1.29 is 9.90 Å². The molecule has 1 heterocycles. The van der Waals surface area contributed by atoms with E-state index >= 15 is 0 Å². The van der Waals surface area contributed by atoms with Crippen LogP contribution in [-0.2, 0) is 0 Å². The van der Waals surface area contributed by atoms with E-state index in [0.29, 0.717) is 11.1 Å². The van der Waals surface area contributed by atoms with Crippen LogP contribution in [0.5, 0.6) is 0 Å². The highest BCUT2D eigenvalue weighted by Crippen LogP contribution is 2.03. The number of nitrogens with zero attached hydrogens (tertiary/aromatic N) is 2. The number of pyridine rings is 1. The topological polar surface area (TPSA) is 65.5 Å². The van der Waals surface area contributed by atoms with Crippen LogP contribution in [0.2, 0.25) is 0 Å². The zero-order valence-electron chi connectivity index (χ0n) is 12.2. The summed E-state index contributed by atoms with van der Waals surface area (Å²) in [5, 5.41) is 11.6. The molecule has 5 heteroatoms. The van der Waals surface area contributed by atoms with Crippen molar-refractivity contribution in [2.45, 2.75) is 19.4 Å². The highest BCUT2D eigenvalue weighted by molar-refractivity contribution is 5.94. The highest BCUT2D eigenvalue weighted by Gasteiger charge is 2.10. The van der Waals surface area contributed by atoms with E-state index in [0.717, 1.165) is 13.0 Å². The molecule has 1 atom stereocenters. The molecule has 5 nitrogen and oxygen atoms in total. The SMILES string of the molecule is CC(CCN(C)C)NC(=O)c1cncc(C#CCO)c1. The summed E-state index contributed by atoms with van der Waals surface area (Å²) in [5.74, 6) is 5.11. The van der Waals surface area contributed by atoms with Crippen molar-refractivity contribution in [3.8, 4) is 11.8 Å². The minimum absolute atomic E-state index is 0.0945. The fourth-order valence-electron chi connectivity index (χ4n) is 1.61. The van der Waals surface area contributed by atoms with E-state index in [1.54, 1.807) is 12.3 Å². The number of aliphatic hydroxyl groups is 1. The molecule has 2 N–H and O–H groups in total. The zero-order valence-corrected chi connectivity index (χ0v) is 12.2. The molecule has 1 aromatic heterocycles. The van der Waals surface area contributed by atoms with Crippen molar-refractivity contribution in [1.82, 2.24) is 15.2 Å². The summed E-state index contributed by atoms with van der Waals surface area (Å²) in [7, 11) is 4.00. The molecule has 0 bridgehead atoms.